The van der Waals surface area contributed by atoms with Gasteiger partial charge in [-0.1, -0.05) is 12.1 Å². The molecule has 0 radical (unpaired) electrons. The third kappa shape index (κ3) is 4.42. The van der Waals surface area contributed by atoms with Crippen molar-refractivity contribution in [1.29, 1.82) is 0 Å². The Hall–Kier alpha value is -2.31. The van der Waals surface area contributed by atoms with Gasteiger partial charge in [0, 0.05) is 24.7 Å². The summed E-state index contributed by atoms with van der Waals surface area (Å²) in [5.41, 5.74) is 5.99. The van der Waals surface area contributed by atoms with Gasteiger partial charge in [-0.3, -0.25) is 0 Å². The molecule has 6 nitrogen and oxygen atoms in total. The molecular weight excluding hydrogens is 263 g/mol. The summed E-state index contributed by atoms with van der Waals surface area (Å²) in [6, 6.07) is 5.18. The Labute approximate surface area is 117 Å². The molecule has 0 saturated heterocycles. The third-order valence-corrected chi connectivity index (χ3v) is 2.88. The van der Waals surface area contributed by atoms with Gasteiger partial charge in [-0.05, 0) is 31.2 Å². The SMILES string of the molecule is CCN(CC(C)C(N)=NO)C(=O)Nc1ccc(F)cc1. The van der Waals surface area contributed by atoms with Crippen LogP contribution in [0, 0.1) is 11.7 Å². The highest BCUT2D eigenvalue weighted by atomic mass is 19.1. The minimum absolute atomic E-state index is 0.0676. The second-order valence-corrected chi connectivity index (χ2v) is 4.40. The molecule has 2 amide bonds. The van der Waals surface area contributed by atoms with Crippen molar-refractivity contribution in [1.82, 2.24) is 4.90 Å². The number of anilines is 1. The lowest BCUT2D eigenvalue weighted by atomic mass is 10.1. The van der Waals surface area contributed by atoms with Gasteiger partial charge in [-0.25, -0.2) is 9.18 Å². The number of oxime groups is 1. The van der Waals surface area contributed by atoms with Crippen LogP contribution in [0.4, 0.5) is 14.9 Å². The van der Waals surface area contributed by atoms with Crippen LogP contribution >= 0.6 is 0 Å². The van der Waals surface area contributed by atoms with Gasteiger partial charge in [0.25, 0.3) is 0 Å². The molecule has 0 fully saturated rings. The largest absolute Gasteiger partial charge is 0.409 e. The van der Waals surface area contributed by atoms with E-state index in [1.54, 1.807) is 6.92 Å². The fourth-order valence-electron chi connectivity index (χ4n) is 1.61. The number of carbonyl (C=O) groups is 1. The highest BCUT2D eigenvalue weighted by molar-refractivity contribution is 5.90. The molecule has 1 aromatic rings. The number of urea groups is 1. The lowest BCUT2D eigenvalue weighted by Gasteiger charge is -2.24. The lowest BCUT2D eigenvalue weighted by molar-refractivity contribution is 0.210. The maximum atomic E-state index is 12.8. The number of nitrogens with one attached hydrogen (secondary N) is 1. The van der Waals surface area contributed by atoms with Gasteiger partial charge in [0.2, 0.25) is 0 Å². The minimum Gasteiger partial charge on any atom is -0.409 e. The molecule has 1 aromatic carbocycles. The van der Waals surface area contributed by atoms with Crippen LogP contribution in [0.2, 0.25) is 0 Å². The van der Waals surface area contributed by atoms with Crippen molar-refractivity contribution in [3.05, 3.63) is 30.1 Å². The molecule has 0 saturated carbocycles. The van der Waals surface area contributed by atoms with E-state index in [1.807, 2.05) is 6.92 Å². The maximum absolute atomic E-state index is 12.8. The number of hydrogen-bond donors (Lipinski definition) is 3. The number of rotatable bonds is 5. The van der Waals surface area contributed by atoms with Crippen molar-refractivity contribution in [2.45, 2.75) is 13.8 Å². The number of hydrogen-bond acceptors (Lipinski definition) is 3. The molecule has 0 bridgehead atoms. The first-order valence-corrected chi connectivity index (χ1v) is 6.26. The van der Waals surface area contributed by atoms with Crippen molar-refractivity contribution >= 4 is 17.6 Å². The molecular formula is C13H19FN4O2. The number of amides is 2. The van der Waals surface area contributed by atoms with Crippen molar-refractivity contribution < 1.29 is 14.4 Å². The molecule has 0 heterocycles. The molecule has 4 N–H and O–H groups in total. The maximum Gasteiger partial charge on any atom is 0.321 e. The summed E-state index contributed by atoms with van der Waals surface area (Å²) < 4.78 is 12.8. The second-order valence-electron chi connectivity index (χ2n) is 4.40. The van der Waals surface area contributed by atoms with Gasteiger partial charge in [-0.15, -0.1) is 0 Å². The van der Waals surface area contributed by atoms with E-state index in [9.17, 15) is 9.18 Å². The summed E-state index contributed by atoms with van der Waals surface area (Å²) in [6.45, 7) is 4.36. The molecule has 0 aliphatic carbocycles. The first-order chi connectivity index (χ1) is 9.47. The van der Waals surface area contributed by atoms with Crippen LogP contribution in [-0.2, 0) is 0 Å². The highest BCUT2D eigenvalue weighted by Gasteiger charge is 2.17. The van der Waals surface area contributed by atoms with Crippen LogP contribution in [0.25, 0.3) is 0 Å². The van der Waals surface area contributed by atoms with Gasteiger partial charge >= 0.3 is 6.03 Å². The fraction of sp³-hybridized carbons (Fsp3) is 0.385. The Morgan fingerprint density at radius 2 is 2.10 bits per heavy atom. The molecule has 7 heteroatoms. The Morgan fingerprint density at radius 3 is 2.60 bits per heavy atom. The van der Waals surface area contributed by atoms with Crippen molar-refractivity contribution in [2.24, 2.45) is 16.8 Å². The average molecular weight is 282 g/mol. The van der Waals surface area contributed by atoms with Gasteiger partial charge in [-0.2, -0.15) is 0 Å². The van der Waals surface area contributed by atoms with Crippen molar-refractivity contribution in [3.63, 3.8) is 0 Å². The number of nitrogens with two attached hydrogens (primary N) is 1. The molecule has 1 unspecified atom stereocenters. The third-order valence-electron chi connectivity index (χ3n) is 2.88. The summed E-state index contributed by atoms with van der Waals surface area (Å²) >= 11 is 0. The van der Waals surface area contributed by atoms with E-state index in [0.29, 0.717) is 18.8 Å². The number of benzene rings is 1. The zero-order valence-electron chi connectivity index (χ0n) is 11.5. The van der Waals surface area contributed by atoms with Crippen LogP contribution in [0.1, 0.15) is 13.8 Å². The molecule has 0 spiro atoms. The van der Waals surface area contributed by atoms with Gasteiger partial charge in [0.1, 0.15) is 11.7 Å². The topological polar surface area (TPSA) is 90.9 Å². The van der Waals surface area contributed by atoms with E-state index in [1.165, 1.54) is 29.2 Å². The van der Waals surface area contributed by atoms with Crippen molar-refractivity contribution in [2.75, 3.05) is 18.4 Å². The average Bonchev–Trinajstić information content (AvgIpc) is 2.45. The smallest absolute Gasteiger partial charge is 0.321 e. The predicted molar refractivity (Wildman–Crippen MR) is 75.2 cm³/mol. The Balaban J connectivity index is 2.65. The molecule has 0 aliphatic rings. The van der Waals surface area contributed by atoms with E-state index < -0.39 is 0 Å². The molecule has 110 valence electrons. The summed E-state index contributed by atoms with van der Waals surface area (Å²) in [4.78, 5) is 13.6. The van der Waals surface area contributed by atoms with E-state index in [-0.39, 0.29) is 23.6 Å². The molecule has 0 aromatic heterocycles. The van der Waals surface area contributed by atoms with Crippen LogP contribution in [-0.4, -0.2) is 35.1 Å². The second kappa shape index (κ2) is 7.32. The molecule has 1 atom stereocenters. The van der Waals surface area contributed by atoms with Gasteiger partial charge in [0.15, 0.2) is 0 Å². The minimum atomic E-state index is -0.365. The van der Waals surface area contributed by atoms with E-state index in [0.717, 1.165) is 0 Å². The van der Waals surface area contributed by atoms with Crippen LogP contribution in [0.5, 0.6) is 0 Å². The molecule has 0 aliphatic heterocycles. The van der Waals surface area contributed by atoms with Crippen LogP contribution in [0.3, 0.4) is 0 Å². The van der Waals surface area contributed by atoms with Crippen LogP contribution < -0.4 is 11.1 Å². The molecule has 20 heavy (non-hydrogen) atoms. The summed E-state index contributed by atoms with van der Waals surface area (Å²) in [6.07, 6.45) is 0. The Kier molecular flexibility index (Phi) is 5.76. The summed E-state index contributed by atoms with van der Waals surface area (Å²) in [7, 11) is 0. The fourth-order valence-corrected chi connectivity index (χ4v) is 1.61. The number of nitrogens with zero attached hydrogens (tertiary/aromatic N) is 2. The number of carbonyl (C=O) groups excluding carboxylic acids is 1. The van der Waals surface area contributed by atoms with E-state index >= 15 is 0 Å². The Morgan fingerprint density at radius 1 is 1.50 bits per heavy atom. The van der Waals surface area contributed by atoms with E-state index in [2.05, 4.69) is 10.5 Å². The van der Waals surface area contributed by atoms with Crippen LogP contribution in [0.15, 0.2) is 29.4 Å². The monoisotopic (exact) mass is 282 g/mol. The summed E-state index contributed by atoms with van der Waals surface area (Å²) in [5.74, 6) is -0.562. The standard InChI is InChI=1S/C13H19FN4O2/c1-3-18(8-9(2)12(15)17-20)13(19)16-11-6-4-10(14)5-7-11/h4-7,9,20H,3,8H2,1-2H3,(H2,15,17)(H,16,19). The zero-order valence-corrected chi connectivity index (χ0v) is 11.5. The van der Waals surface area contributed by atoms with E-state index in [4.69, 9.17) is 10.9 Å². The lowest BCUT2D eigenvalue weighted by Crippen LogP contribution is -2.41. The Bertz CT molecular complexity index is 476. The molecule has 1 rings (SSSR count). The number of halogens is 1. The first-order valence-electron chi connectivity index (χ1n) is 6.26. The number of amidine groups is 1. The zero-order chi connectivity index (χ0) is 15.1. The normalized spacial score (nSPS) is 12.8. The highest BCUT2D eigenvalue weighted by Crippen LogP contribution is 2.10. The first kappa shape index (κ1) is 15.7. The predicted octanol–water partition coefficient (Wildman–Crippen LogP) is 2.06. The quantitative estimate of drug-likeness (QED) is 0.334. The summed E-state index contributed by atoms with van der Waals surface area (Å²) in [5, 5.41) is 14.2. The van der Waals surface area contributed by atoms with Gasteiger partial charge < -0.3 is 21.2 Å². The van der Waals surface area contributed by atoms with Crippen molar-refractivity contribution in [3.8, 4) is 0 Å². The van der Waals surface area contributed by atoms with Gasteiger partial charge in [0.05, 0.1) is 0 Å².